The van der Waals surface area contributed by atoms with Gasteiger partial charge in [0.1, 0.15) is 0 Å². The number of unbranched alkanes of at least 4 members (excludes halogenated alkanes) is 1. The Morgan fingerprint density at radius 1 is 1.04 bits per heavy atom. The molecule has 0 radical (unpaired) electrons. The number of rotatable bonds is 11. The van der Waals surface area contributed by atoms with E-state index < -0.39 is 17.9 Å². The molecule has 1 aromatic carbocycles. The first-order chi connectivity index (χ1) is 11.5. The molecule has 1 unspecified atom stereocenters. The number of carbonyl (C=O) groups is 3. The topological polar surface area (TPSA) is 101 Å². The molecule has 1 atom stereocenters. The standard InChI is InChI=1S/C18H24O6/c1-2-7-13(8-3-6-11-16(19)20)12-24-18(23)15-10-5-4-9-14(15)17(21)22/h4-5,9-10,13H,2-3,6-8,11-12H2,1H3,(H,19,20)(H,21,22). The third-order valence-corrected chi connectivity index (χ3v) is 3.78. The van der Waals surface area contributed by atoms with Gasteiger partial charge in [-0.1, -0.05) is 31.9 Å². The molecule has 0 amide bonds. The Bertz CT molecular complexity index is 566. The minimum Gasteiger partial charge on any atom is -0.481 e. The fourth-order valence-electron chi connectivity index (χ4n) is 2.55. The van der Waals surface area contributed by atoms with E-state index >= 15 is 0 Å². The van der Waals surface area contributed by atoms with Crippen LogP contribution in [0.3, 0.4) is 0 Å². The van der Waals surface area contributed by atoms with E-state index in [0.29, 0.717) is 6.42 Å². The van der Waals surface area contributed by atoms with Gasteiger partial charge in [-0.2, -0.15) is 0 Å². The van der Waals surface area contributed by atoms with Gasteiger partial charge in [0, 0.05) is 6.42 Å². The van der Waals surface area contributed by atoms with Crippen molar-refractivity contribution in [2.75, 3.05) is 6.61 Å². The molecule has 0 spiro atoms. The number of benzene rings is 1. The van der Waals surface area contributed by atoms with Crippen LogP contribution in [0, 0.1) is 5.92 Å². The monoisotopic (exact) mass is 336 g/mol. The minimum absolute atomic E-state index is 0.0473. The van der Waals surface area contributed by atoms with Gasteiger partial charge < -0.3 is 14.9 Å². The average Bonchev–Trinajstić information content (AvgIpc) is 2.55. The number of carbonyl (C=O) groups excluding carboxylic acids is 1. The van der Waals surface area contributed by atoms with E-state index in [-0.39, 0.29) is 30.1 Å². The maximum Gasteiger partial charge on any atom is 0.339 e. The largest absolute Gasteiger partial charge is 0.481 e. The molecule has 1 aromatic rings. The Labute approximate surface area is 141 Å². The Morgan fingerprint density at radius 2 is 1.71 bits per heavy atom. The normalized spacial score (nSPS) is 11.7. The number of ether oxygens (including phenoxy) is 1. The van der Waals surface area contributed by atoms with Gasteiger partial charge in [-0.05, 0) is 37.3 Å². The molecule has 0 saturated heterocycles. The van der Waals surface area contributed by atoms with Crippen molar-refractivity contribution in [1.29, 1.82) is 0 Å². The second-order valence-corrected chi connectivity index (χ2v) is 5.74. The SMILES string of the molecule is CCCC(CCCCC(=O)O)COC(=O)c1ccccc1C(=O)O. The second-order valence-electron chi connectivity index (χ2n) is 5.74. The number of aliphatic carboxylic acids is 1. The van der Waals surface area contributed by atoms with Crippen LogP contribution in [0.15, 0.2) is 24.3 Å². The molecular formula is C18H24O6. The number of hydrogen-bond donors (Lipinski definition) is 2. The zero-order valence-electron chi connectivity index (χ0n) is 13.9. The van der Waals surface area contributed by atoms with Crippen LogP contribution in [0.1, 0.15) is 66.2 Å². The molecule has 0 aliphatic heterocycles. The molecule has 0 saturated carbocycles. The number of carboxylic acid groups (broad SMARTS) is 2. The summed E-state index contributed by atoms with van der Waals surface area (Å²) in [4.78, 5) is 33.8. The first-order valence-corrected chi connectivity index (χ1v) is 8.17. The maximum absolute atomic E-state index is 12.1. The Hall–Kier alpha value is -2.37. The molecule has 1 rings (SSSR count). The maximum atomic E-state index is 12.1. The number of carboxylic acids is 2. The van der Waals surface area contributed by atoms with Crippen LogP contribution in [0.4, 0.5) is 0 Å². The van der Waals surface area contributed by atoms with E-state index in [0.717, 1.165) is 25.7 Å². The highest BCUT2D eigenvalue weighted by Gasteiger charge is 2.18. The highest BCUT2D eigenvalue weighted by Crippen LogP contribution is 2.18. The van der Waals surface area contributed by atoms with Crippen LogP contribution in [-0.2, 0) is 9.53 Å². The van der Waals surface area contributed by atoms with E-state index in [1.807, 2.05) is 6.92 Å². The van der Waals surface area contributed by atoms with Crippen molar-refractivity contribution in [2.24, 2.45) is 5.92 Å². The van der Waals surface area contributed by atoms with Crippen molar-refractivity contribution in [1.82, 2.24) is 0 Å². The number of aromatic carboxylic acids is 1. The van der Waals surface area contributed by atoms with Crippen LogP contribution in [0.5, 0.6) is 0 Å². The fraction of sp³-hybridized carbons (Fsp3) is 0.500. The number of esters is 1. The lowest BCUT2D eigenvalue weighted by molar-refractivity contribution is -0.137. The molecule has 6 heteroatoms. The summed E-state index contributed by atoms with van der Waals surface area (Å²) in [5, 5.41) is 17.7. The summed E-state index contributed by atoms with van der Waals surface area (Å²) in [7, 11) is 0. The Balaban J connectivity index is 2.55. The molecule has 0 aliphatic carbocycles. The van der Waals surface area contributed by atoms with Gasteiger partial charge in [0.15, 0.2) is 0 Å². The van der Waals surface area contributed by atoms with Crippen LogP contribution in [0.25, 0.3) is 0 Å². The molecule has 24 heavy (non-hydrogen) atoms. The minimum atomic E-state index is -1.17. The second kappa shape index (κ2) is 10.4. The van der Waals surface area contributed by atoms with Gasteiger partial charge >= 0.3 is 17.9 Å². The lowest BCUT2D eigenvalue weighted by Gasteiger charge is -2.16. The van der Waals surface area contributed by atoms with E-state index in [4.69, 9.17) is 14.9 Å². The molecule has 0 aliphatic rings. The summed E-state index contributed by atoms with van der Waals surface area (Å²) in [6.07, 6.45) is 4.11. The fourth-order valence-corrected chi connectivity index (χ4v) is 2.55. The third-order valence-electron chi connectivity index (χ3n) is 3.78. The lowest BCUT2D eigenvalue weighted by Crippen LogP contribution is -2.17. The van der Waals surface area contributed by atoms with Crippen molar-refractivity contribution in [3.63, 3.8) is 0 Å². The summed E-state index contributed by atoms with van der Waals surface area (Å²) >= 11 is 0. The van der Waals surface area contributed by atoms with Gasteiger partial charge in [-0.15, -0.1) is 0 Å². The summed E-state index contributed by atoms with van der Waals surface area (Å²) in [6.45, 7) is 2.25. The summed E-state index contributed by atoms with van der Waals surface area (Å²) in [5.41, 5.74) is -0.0258. The Kier molecular flexibility index (Phi) is 8.54. The van der Waals surface area contributed by atoms with Crippen molar-refractivity contribution in [2.45, 2.75) is 45.4 Å². The predicted molar refractivity (Wildman–Crippen MR) is 88.2 cm³/mol. The highest BCUT2D eigenvalue weighted by molar-refractivity contribution is 6.02. The smallest absolute Gasteiger partial charge is 0.339 e. The molecule has 2 N–H and O–H groups in total. The van der Waals surface area contributed by atoms with Crippen molar-refractivity contribution < 1.29 is 29.3 Å². The van der Waals surface area contributed by atoms with Gasteiger partial charge in [0.05, 0.1) is 17.7 Å². The van der Waals surface area contributed by atoms with Gasteiger partial charge in [0.25, 0.3) is 0 Å². The van der Waals surface area contributed by atoms with Gasteiger partial charge in [-0.3, -0.25) is 4.79 Å². The van der Waals surface area contributed by atoms with Gasteiger partial charge in [-0.25, -0.2) is 9.59 Å². The summed E-state index contributed by atoms with van der Waals surface area (Å²) in [6, 6.07) is 5.96. The zero-order valence-corrected chi connectivity index (χ0v) is 13.9. The molecule has 0 heterocycles. The molecule has 0 fully saturated rings. The van der Waals surface area contributed by atoms with E-state index in [2.05, 4.69) is 0 Å². The summed E-state index contributed by atoms with van der Waals surface area (Å²) in [5.74, 6) is -2.45. The summed E-state index contributed by atoms with van der Waals surface area (Å²) < 4.78 is 5.29. The lowest BCUT2D eigenvalue weighted by atomic mass is 9.97. The van der Waals surface area contributed by atoms with Crippen LogP contribution in [0.2, 0.25) is 0 Å². The average molecular weight is 336 g/mol. The Morgan fingerprint density at radius 3 is 2.29 bits per heavy atom. The molecule has 0 bridgehead atoms. The highest BCUT2D eigenvalue weighted by atomic mass is 16.5. The van der Waals surface area contributed by atoms with E-state index in [9.17, 15) is 14.4 Å². The quantitative estimate of drug-likeness (QED) is 0.473. The van der Waals surface area contributed by atoms with Crippen LogP contribution in [-0.4, -0.2) is 34.7 Å². The third kappa shape index (κ3) is 6.81. The molecule has 6 nitrogen and oxygen atoms in total. The predicted octanol–water partition coefficient (Wildman–Crippen LogP) is 3.60. The molecule has 132 valence electrons. The van der Waals surface area contributed by atoms with E-state index in [1.54, 1.807) is 12.1 Å². The molecule has 0 aromatic heterocycles. The van der Waals surface area contributed by atoms with Crippen LogP contribution >= 0.6 is 0 Å². The first kappa shape index (κ1) is 19.7. The molecular weight excluding hydrogens is 312 g/mol. The van der Waals surface area contributed by atoms with E-state index in [1.165, 1.54) is 12.1 Å². The van der Waals surface area contributed by atoms with Gasteiger partial charge in [0.2, 0.25) is 0 Å². The number of hydrogen-bond acceptors (Lipinski definition) is 4. The first-order valence-electron chi connectivity index (χ1n) is 8.17. The van der Waals surface area contributed by atoms with Crippen molar-refractivity contribution >= 4 is 17.9 Å². The van der Waals surface area contributed by atoms with Crippen molar-refractivity contribution in [3.8, 4) is 0 Å². The van der Waals surface area contributed by atoms with Crippen molar-refractivity contribution in [3.05, 3.63) is 35.4 Å². The van der Waals surface area contributed by atoms with Crippen LogP contribution < -0.4 is 0 Å². The zero-order chi connectivity index (χ0) is 17.9.